The lowest BCUT2D eigenvalue weighted by atomic mass is 9.86. The van der Waals surface area contributed by atoms with Gasteiger partial charge in [-0.25, -0.2) is 18.6 Å². The molecule has 0 saturated heterocycles. The number of benzene rings is 2. The molecule has 1 aliphatic rings. The van der Waals surface area contributed by atoms with Crippen LogP contribution >= 0.6 is 0 Å². The van der Waals surface area contributed by atoms with Gasteiger partial charge in [-0.05, 0) is 30.7 Å². The maximum Gasteiger partial charge on any atom is 0.340 e. The number of halogens is 2. The van der Waals surface area contributed by atoms with Crippen LogP contribution < -0.4 is 0 Å². The molecule has 3 rings (SSSR count). The second kappa shape index (κ2) is 6.27. The summed E-state index contributed by atoms with van der Waals surface area (Å²) in [6, 6.07) is 12.4. The molecule has 4 nitrogen and oxygen atoms in total. The lowest BCUT2D eigenvalue weighted by Crippen LogP contribution is -2.45. The molecule has 0 spiro atoms. The van der Waals surface area contributed by atoms with Crippen molar-refractivity contribution in [2.75, 3.05) is 14.1 Å². The van der Waals surface area contributed by atoms with Gasteiger partial charge < -0.3 is 4.90 Å². The van der Waals surface area contributed by atoms with E-state index in [0.29, 0.717) is 5.71 Å². The first-order valence-corrected chi connectivity index (χ1v) is 7.93. The van der Waals surface area contributed by atoms with Crippen molar-refractivity contribution >= 4 is 11.7 Å². The van der Waals surface area contributed by atoms with Crippen LogP contribution in [0.25, 0.3) is 0 Å². The van der Waals surface area contributed by atoms with Crippen LogP contribution in [-0.4, -0.2) is 35.7 Å². The molecular formula is C19H19F2N3O. The Morgan fingerprint density at radius 1 is 1.16 bits per heavy atom. The summed E-state index contributed by atoms with van der Waals surface area (Å²) in [6.45, 7) is 1.87. The van der Waals surface area contributed by atoms with Crippen molar-refractivity contribution in [2.45, 2.75) is 18.9 Å². The van der Waals surface area contributed by atoms with E-state index in [1.54, 1.807) is 14.1 Å². The molecule has 0 radical (unpaired) electrons. The number of carbonyl (C=O) groups excluding carboxylic acids is 1. The number of hydrazone groups is 1. The number of hydrogen-bond donors (Lipinski definition) is 0. The van der Waals surface area contributed by atoms with Crippen LogP contribution in [0.3, 0.4) is 0 Å². The van der Waals surface area contributed by atoms with Gasteiger partial charge >= 0.3 is 6.03 Å². The highest BCUT2D eigenvalue weighted by Crippen LogP contribution is 2.39. The SMILES string of the molecule is CN(C)C(=O)N1N=C(c2cc(F)ccc2F)CC1(C)c1ccccc1. The molecule has 1 atom stereocenters. The molecule has 130 valence electrons. The molecule has 1 unspecified atom stereocenters. The maximum absolute atomic E-state index is 14.2. The molecule has 0 aromatic heterocycles. The van der Waals surface area contributed by atoms with Crippen LogP contribution in [-0.2, 0) is 5.54 Å². The summed E-state index contributed by atoms with van der Waals surface area (Å²) in [5.74, 6) is -1.10. The standard InChI is InChI=1S/C19H19F2N3O/c1-19(13-7-5-4-6-8-13)12-17(22-24(19)18(25)23(2)3)15-11-14(20)9-10-16(15)21/h4-11H,12H2,1-3H3. The summed E-state index contributed by atoms with van der Waals surface area (Å²) in [7, 11) is 3.26. The third-order valence-corrected chi connectivity index (χ3v) is 4.40. The Morgan fingerprint density at radius 2 is 1.84 bits per heavy atom. The van der Waals surface area contributed by atoms with Crippen molar-refractivity contribution in [1.29, 1.82) is 0 Å². The fourth-order valence-electron chi connectivity index (χ4n) is 3.00. The van der Waals surface area contributed by atoms with Crippen molar-refractivity contribution in [1.82, 2.24) is 9.91 Å². The van der Waals surface area contributed by atoms with E-state index in [9.17, 15) is 13.6 Å². The van der Waals surface area contributed by atoms with Crippen LogP contribution in [0.2, 0.25) is 0 Å². The second-order valence-electron chi connectivity index (χ2n) is 6.48. The average molecular weight is 343 g/mol. The number of urea groups is 1. The smallest absolute Gasteiger partial charge is 0.329 e. The zero-order valence-electron chi connectivity index (χ0n) is 14.3. The average Bonchev–Trinajstić information content (AvgIpc) is 2.95. The van der Waals surface area contributed by atoms with Crippen LogP contribution in [0.1, 0.15) is 24.5 Å². The van der Waals surface area contributed by atoms with E-state index in [4.69, 9.17) is 0 Å². The molecule has 2 aromatic rings. The third kappa shape index (κ3) is 2.99. The first-order chi connectivity index (χ1) is 11.8. The Morgan fingerprint density at radius 3 is 2.48 bits per heavy atom. The lowest BCUT2D eigenvalue weighted by Gasteiger charge is -2.34. The highest BCUT2D eigenvalue weighted by Gasteiger charge is 2.44. The van der Waals surface area contributed by atoms with Gasteiger partial charge in [0.15, 0.2) is 0 Å². The summed E-state index contributed by atoms with van der Waals surface area (Å²) in [4.78, 5) is 14.1. The molecule has 6 heteroatoms. The van der Waals surface area contributed by atoms with E-state index >= 15 is 0 Å². The summed E-state index contributed by atoms with van der Waals surface area (Å²) in [5.41, 5.74) is 0.520. The Hall–Kier alpha value is -2.76. The molecule has 0 N–H and O–H groups in total. The largest absolute Gasteiger partial charge is 0.340 e. The molecular weight excluding hydrogens is 324 g/mol. The van der Waals surface area contributed by atoms with E-state index in [0.717, 1.165) is 23.8 Å². The molecule has 25 heavy (non-hydrogen) atoms. The van der Waals surface area contributed by atoms with Gasteiger partial charge in [-0.3, -0.25) is 0 Å². The normalized spacial score (nSPS) is 19.7. The predicted octanol–water partition coefficient (Wildman–Crippen LogP) is 3.97. The van der Waals surface area contributed by atoms with Crippen molar-refractivity contribution in [3.8, 4) is 0 Å². The van der Waals surface area contributed by atoms with Gasteiger partial charge in [0.05, 0.1) is 11.3 Å². The molecule has 1 heterocycles. The van der Waals surface area contributed by atoms with Crippen molar-refractivity contribution in [3.63, 3.8) is 0 Å². The number of hydrogen-bond acceptors (Lipinski definition) is 2. The number of rotatable bonds is 2. The first kappa shape index (κ1) is 17.1. The van der Waals surface area contributed by atoms with Gasteiger partial charge in [0.2, 0.25) is 0 Å². The van der Waals surface area contributed by atoms with Crippen LogP contribution in [0.15, 0.2) is 53.6 Å². The summed E-state index contributed by atoms with van der Waals surface area (Å²) >= 11 is 0. The van der Waals surface area contributed by atoms with Gasteiger partial charge in [-0.2, -0.15) is 5.10 Å². The van der Waals surface area contributed by atoms with E-state index < -0.39 is 17.2 Å². The number of nitrogens with zero attached hydrogens (tertiary/aromatic N) is 3. The minimum Gasteiger partial charge on any atom is -0.329 e. The van der Waals surface area contributed by atoms with Gasteiger partial charge in [0, 0.05) is 26.1 Å². The van der Waals surface area contributed by atoms with Gasteiger partial charge in [0.1, 0.15) is 11.6 Å². The van der Waals surface area contributed by atoms with Crippen LogP contribution in [0, 0.1) is 11.6 Å². The zero-order chi connectivity index (χ0) is 18.2. The van der Waals surface area contributed by atoms with Gasteiger partial charge in [-0.15, -0.1) is 0 Å². The molecule has 0 saturated carbocycles. The van der Waals surface area contributed by atoms with Crippen molar-refractivity contribution in [3.05, 3.63) is 71.3 Å². The van der Waals surface area contributed by atoms with E-state index in [1.165, 1.54) is 9.91 Å². The van der Waals surface area contributed by atoms with E-state index in [-0.39, 0.29) is 18.0 Å². The molecule has 2 amide bonds. The first-order valence-electron chi connectivity index (χ1n) is 7.93. The Kier molecular flexibility index (Phi) is 4.29. The Labute approximate surface area is 145 Å². The van der Waals surface area contributed by atoms with E-state index in [1.807, 2.05) is 37.3 Å². The summed E-state index contributed by atoms with van der Waals surface area (Å²) in [6.07, 6.45) is 0.289. The second-order valence-corrected chi connectivity index (χ2v) is 6.48. The fourth-order valence-corrected chi connectivity index (χ4v) is 3.00. The van der Waals surface area contributed by atoms with Gasteiger partial charge in [-0.1, -0.05) is 30.3 Å². The predicted molar refractivity (Wildman–Crippen MR) is 92.2 cm³/mol. The maximum atomic E-state index is 14.2. The number of carbonyl (C=O) groups is 1. The summed E-state index contributed by atoms with van der Waals surface area (Å²) in [5, 5.41) is 5.71. The monoisotopic (exact) mass is 343 g/mol. The fraction of sp³-hybridized carbons (Fsp3) is 0.263. The minimum atomic E-state index is -0.781. The van der Waals surface area contributed by atoms with Gasteiger partial charge in [0.25, 0.3) is 0 Å². The molecule has 1 aliphatic heterocycles. The Bertz CT molecular complexity index is 836. The number of amides is 2. The lowest BCUT2D eigenvalue weighted by molar-refractivity contribution is 0.121. The topological polar surface area (TPSA) is 35.9 Å². The Balaban J connectivity index is 2.10. The molecule has 2 aromatic carbocycles. The minimum absolute atomic E-state index is 0.0798. The molecule has 0 bridgehead atoms. The quantitative estimate of drug-likeness (QED) is 0.813. The molecule has 0 aliphatic carbocycles. The third-order valence-electron chi connectivity index (χ3n) is 4.40. The highest BCUT2D eigenvalue weighted by atomic mass is 19.1. The highest BCUT2D eigenvalue weighted by molar-refractivity contribution is 6.03. The zero-order valence-corrected chi connectivity index (χ0v) is 14.3. The van der Waals surface area contributed by atoms with E-state index in [2.05, 4.69) is 5.10 Å². The van der Waals surface area contributed by atoms with Crippen LogP contribution in [0.5, 0.6) is 0 Å². The van der Waals surface area contributed by atoms with Crippen molar-refractivity contribution < 1.29 is 13.6 Å². The van der Waals surface area contributed by atoms with Crippen molar-refractivity contribution in [2.24, 2.45) is 5.10 Å². The summed E-state index contributed by atoms with van der Waals surface area (Å²) < 4.78 is 27.8. The van der Waals surface area contributed by atoms with Crippen LogP contribution in [0.4, 0.5) is 13.6 Å². The molecule has 0 fully saturated rings.